The fraction of sp³-hybridized carbons (Fsp3) is 0.250. The third-order valence-electron chi connectivity index (χ3n) is 0.414. The van der Waals surface area contributed by atoms with Crippen LogP contribution in [-0.4, -0.2) is 18.3 Å². The Kier molecular flexibility index (Phi) is 2.09. The summed E-state index contributed by atoms with van der Waals surface area (Å²) >= 11 is 3.11. The van der Waals surface area contributed by atoms with Gasteiger partial charge >= 0.3 is 0 Å². The molecule has 0 aliphatic heterocycles. The summed E-state index contributed by atoms with van der Waals surface area (Å²) in [6.45, 7) is 7.06. The van der Waals surface area contributed by atoms with Crippen molar-refractivity contribution >= 4 is 22.6 Å². The van der Waals surface area contributed by atoms with Gasteiger partial charge in [-0.15, -0.1) is 0 Å². The van der Waals surface area contributed by atoms with E-state index in [9.17, 15) is 0 Å². The van der Waals surface area contributed by atoms with E-state index in [0.29, 0.717) is 0 Å². The lowest BCUT2D eigenvalue weighted by Crippen LogP contribution is -1.91. The van der Waals surface area contributed by atoms with Crippen molar-refractivity contribution < 1.29 is 4.58 Å². The Morgan fingerprint density at radius 3 is 2.00 bits per heavy atom. The summed E-state index contributed by atoms with van der Waals surface area (Å²) in [5, 5.41) is 0. The Bertz CT molecular complexity index is 73.5. The first-order valence-corrected chi connectivity index (χ1v) is 2.32. The minimum atomic E-state index is 0.794. The standard InChI is InChI=1S/C4H7BrN/c1-4(5)6(2)3/h1-2H2,3H3/q+1. The summed E-state index contributed by atoms with van der Waals surface area (Å²) in [4.78, 5) is 0. The van der Waals surface area contributed by atoms with Crippen molar-refractivity contribution in [1.82, 2.24) is 0 Å². The summed E-state index contributed by atoms with van der Waals surface area (Å²) in [5.41, 5.74) is 0. The van der Waals surface area contributed by atoms with Gasteiger partial charge in [0.15, 0.2) is 0 Å². The normalized spacial score (nSPS) is 7.67. The minimum absolute atomic E-state index is 0.794. The van der Waals surface area contributed by atoms with E-state index >= 15 is 0 Å². The van der Waals surface area contributed by atoms with E-state index in [2.05, 4.69) is 29.2 Å². The van der Waals surface area contributed by atoms with E-state index in [1.54, 1.807) is 4.58 Å². The second kappa shape index (κ2) is 2.13. The molecular formula is C4H7BrN+. The molecule has 0 aromatic rings. The Morgan fingerprint density at radius 1 is 1.83 bits per heavy atom. The molecule has 0 saturated carbocycles. The first-order valence-electron chi connectivity index (χ1n) is 1.53. The highest BCUT2D eigenvalue weighted by atomic mass is 79.9. The van der Waals surface area contributed by atoms with E-state index in [1.807, 2.05) is 7.05 Å². The molecule has 34 valence electrons. The molecule has 2 heteroatoms. The summed E-state index contributed by atoms with van der Waals surface area (Å²) < 4.78 is 2.43. The lowest BCUT2D eigenvalue weighted by molar-refractivity contribution is -0.417. The van der Waals surface area contributed by atoms with Gasteiger partial charge in [-0.25, -0.2) is 4.58 Å². The molecule has 0 unspecified atom stereocenters. The highest BCUT2D eigenvalue weighted by Gasteiger charge is 1.87. The summed E-state index contributed by atoms with van der Waals surface area (Å²) in [5.74, 6) is 0. The van der Waals surface area contributed by atoms with Gasteiger partial charge in [-0.2, -0.15) is 0 Å². The van der Waals surface area contributed by atoms with Crippen LogP contribution in [0.2, 0.25) is 0 Å². The molecule has 0 amide bonds. The molecule has 0 aromatic carbocycles. The first-order chi connectivity index (χ1) is 2.64. The van der Waals surface area contributed by atoms with E-state index in [1.165, 1.54) is 0 Å². The highest BCUT2D eigenvalue weighted by Crippen LogP contribution is 1.96. The van der Waals surface area contributed by atoms with Crippen LogP contribution in [0.1, 0.15) is 0 Å². The van der Waals surface area contributed by atoms with E-state index in [4.69, 9.17) is 0 Å². The van der Waals surface area contributed by atoms with Gasteiger partial charge in [-0.3, -0.25) is 0 Å². The second-order valence-electron chi connectivity index (χ2n) is 1.07. The number of rotatable bonds is 1. The van der Waals surface area contributed by atoms with Crippen molar-refractivity contribution in [3.05, 3.63) is 11.2 Å². The zero-order valence-corrected chi connectivity index (χ0v) is 5.33. The van der Waals surface area contributed by atoms with E-state index in [-0.39, 0.29) is 0 Å². The maximum absolute atomic E-state index is 3.53. The molecule has 0 heterocycles. The molecule has 0 aliphatic carbocycles. The molecule has 0 rings (SSSR count). The first kappa shape index (κ1) is 5.89. The molecule has 0 spiro atoms. The zero-order valence-electron chi connectivity index (χ0n) is 3.74. The molecule has 6 heavy (non-hydrogen) atoms. The molecule has 0 radical (unpaired) electrons. The van der Waals surface area contributed by atoms with Gasteiger partial charge in [0, 0.05) is 15.9 Å². The number of hydrogen-bond donors (Lipinski definition) is 0. The summed E-state index contributed by atoms with van der Waals surface area (Å²) in [6.07, 6.45) is 0. The van der Waals surface area contributed by atoms with Crippen LogP contribution >= 0.6 is 15.9 Å². The van der Waals surface area contributed by atoms with Crippen LogP contribution in [0, 0.1) is 0 Å². The van der Waals surface area contributed by atoms with Gasteiger partial charge < -0.3 is 0 Å². The number of nitrogens with zero attached hydrogens (tertiary/aromatic N) is 1. The van der Waals surface area contributed by atoms with Crippen molar-refractivity contribution in [3.63, 3.8) is 0 Å². The summed E-state index contributed by atoms with van der Waals surface area (Å²) in [6, 6.07) is 0. The van der Waals surface area contributed by atoms with Crippen molar-refractivity contribution in [2.24, 2.45) is 0 Å². The topological polar surface area (TPSA) is 3.01 Å². The monoisotopic (exact) mass is 148 g/mol. The van der Waals surface area contributed by atoms with Crippen LogP contribution in [0.15, 0.2) is 11.2 Å². The fourth-order valence-corrected chi connectivity index (χ4v) is 0. The Hall–Kier alpha value is -0.110. The smallest absolute Gasteiger partial charge is 0.203 e. The van der Waals surface area contributed by atoms with E-state index < -0.39 is 0 Å². The van der Waals surface area contributed by atoms with Crippen LogP contribution in [-0.2, 0) is 0 Å². The van der Waals surface area contributed by atoms with Gasteiger partial charge in [-0.1, -0.05) is 0 Å². The SMILES string of the molecule is C=C(Br)[N+](=C)C. The Balaban J connectivity index is 3.57. The van der Waals surface area contributed by atoms with Crippen molar-refractivity contribution in [2.75, 3.05) is 7.05 Å². The van der Waals surface area contributed by atoms with Crippen LogP contribution < -0.4 is 0 Å². The van der Waals surface area contributed by atoms with Crippen LogP contribution in [0.4, 0.5) is 0 Å². The molecule has 0 aromatic heterocycles. The molecule has 0 atom stereocenters. The zero-order chi connectivity index (χ0) is 5.15. The molecule has 0 bridgehead atoms. The largest absolute Gasteiger partial charge is 0.239 e. The second-order valence-corrected chi connectivity index (χ2v) is 1.99. The maximum Gasteiger partial charge on any atom is 0.239 e. The molecule has 0 N–H and O–H groups in total. The number of halogens is 1. The van der Waals surface area contributed by atoms with Crippen LogP contribution in [0.25, 0.3) is 0 Å². The summed E-state index contributed by atoms with van der Waals surface area (Å²) in [7, 11) is 1.82. The average molecular weight is 149 g/mol. The quantitative estimate of drug-likeness (QED) is 0.299. The molecular weight excluding hydrogens is 142 g/mol. The predicted molar refractivity (Wildman–Crippen MR) is 31.4 cm³/mol. The lowest BCUT2D eigenvalue weighted by Gasteiger charge is -1.80. The lowest BCUT2D eigenvalue weighted by atomic mass is 10.9. The third kappa shape index (κ3) is 2.15. The van der Waals surface area contributed by atoms with Gasteiger partial charge in [0.05, 0.1) is 0 Å². The van der Waals surface area contributed by atoms with Gasteiger partial charge in [0.1, 0.15) is 13.8 Å². The number of hydrogen-bond acceptors (Lipinski definition) is 0. The van der Waals surface area contributed by atoms with Crippen LogP contribution in [0.5, 0.6) is 0 Å². The van der Waals surface area contributed by atoms with E-state index in [0.717, 1.165) is 4.61 Å². The molecule has 1 nitrogen and oxygen atoms in total. The van der Waals surface area contributed by atoms with Crippen LogP contribution in [0.3, 0.4) is 0 Å². The Morgan fingerprint density at radius 2 is 2.00 bits per heavy atom. The average Bonchev–Trinajstić information content (AvgIpc) is 1.36. The molecule has 0 aliphatic rings. The van der Waals surface area contributed by atoms with Crippen molar-refractivity contribution in [3.8, 4) is 0 Å². The highest BCUT2D eigenvalue weighted by molar-refractivity contribution is 9.11. The Labute approximate surface area is 46.1 Å². The molecule has 0 fully saturated rings. The van der Waals surface area contributed by atoms with Crippen molar-refractivity contribution in [1.29, 1.82) is 0 Å². The van der Waals surface area contributed by atoms with Crippen molar-refractivity contribution in [2.45, 2.75) is 0 Å². The maximum atomic E-state index is 3.53. The minimum Gasteiger partial charge on any atom is -0.203 e. The van der Waals surface area contributed by atoms with Gasteiger partial charge in [0.25, 0.3) is 0 Å². The fourth-order valence-electron chi connectivity index (χ4n) is 0. The third-order valence-corrected chi connectivity index (χ3v) is 1.02. The predicted octanol–water partition coefficient (Wildman–Crippen LogP) is 1.20. The molecule has 0 saturated heterocycles. The van der Waals surface area contributed by atoms with Gasteiger partial charge in [0.2, 0.25) is 4.61 Å². The van der Waals surface area contributed by atoms with Gasteiger partial charge in [-0.05, 0) is 6.58 Å².